The molecule has 3 aromatic rings. The van der Waals surface area contributed by atoms with Crippen LogP contribution in [-0.4, -0.2) is 29.7 Å². The quantitative estimate of drug-likeness (QED) is 0.614. The zero-order valence-corrected chi connectivity index (χ0v) is 16.9. The van der Waals surface area contributed by atoms with Crippen molar-refractivity contribution in [2.24, 2.45) is 0 Å². The third-order valence-corrected chi connectivity index (χ3v) is 5.68. The summed E-state index contributed by atoms with van der Waals surface area (Å²) in [4.78, 5) is 32.9. The standard InChI is InChI=1S/C18H17BrN2O4S/c1-4-25-18(23)15-9(2)14-16(22)20-13(21-17(14)26-15)8-10-5-6-12(24-3)11(19)7-10/h5-7H,4,8H2,1-3H3,(H,20,21,22). The lowest BCUT2D eigenvalue weighted by molar-refractivity contribution is 0.0531. The van der Waals surface area contributed by atoms with Crippen LogP contribution in [0.4, 0.5) is 0 Å². The molecule has 136 valence electrons. The van der Waals surface area contributed by atoms with Gasteiger partial charge in [0.25, 0.3) is 5.56 Å². The zero-order chi connectivity index (χ0) is 18.8. The van der Waals surface area contributed by atoms with Gasteiger partial charge in [0, 0.05) is 6.42 Å². The largest absolute Gasteiger partial charge is 0.496 e. The SMILES string of the molecule is CCOC(=O)c1sc2nc(Cc3ccc(OC)c(Br)c3)[nH]c(=O)c2c1C. The Morgan fingerprint density at radius 2 is 2.15 bits per heavy atom. The molecule has 0 unspecified atom stereocenters. The van der Waals surface area contributed by atoms with Crippen LogP contribution in [0.1, 0.15) is 33.5 Å². The lowest BCUT2D eigenvalue weighted by Crippen LogP contribution is -2.12. The summed E-state index contributed by atoms with van der Waals surface area (Å²) in [6, 6.07) is 5.69. The van der Waals surface area contributed by atoms with E-state index >= 15 is 0 Å². The molecule has 0 aliphatic rings. The topological polar surface area (TPSA) is 81.3 Å². The van der Waals surface area contributed by atoms with E-state index in [-0.39, 0.29) is 12.2 Å². The number of hydrogen-bond donors (Lipinski definition) is 1. The van der Waals surface area contributed by atoms with Gasteiger partial charge in [0.05, 0.1) is 23.6 Å². The summed E-state index contributed by atoms with van der Waals surface area (Å²) in [7, 11) is 1.60. The van der Waals surface area contributed by atoms with Crippen molar-refractivity contribution < 1.29 is 14.3 Å². The molecule has 0 aliphatic heterocycles. The fourth-order valence-electron chi connectivity index (χ4n) is 2.68. The van der Waals surface area contributed by atoms with Gasteiger partial charge in [-0.2, -0.15) is 0 Å². The van der Waals surface area contributed by atoms with Gasteiger partial charge in [-0.15, -0.1) is 11.3 Å². The van der Waals surface area contributed by atoms with Gasteiger partial charge in [0.1, 0.15) is 21.3 Å². The highest BCUT2D eigenvalue weighted by molar-refractivity contribution is 9.10. The molecule has 6 nitrogen and oxygen atoms in total. The third kappa shape index (κ3) is 3.52. The predicted octanol–water partition coefficient (Wildman–Crippen LogP) is 3.83. The first-order chi connectivity index (χ1) is 12.4. The summed E-state index contributed by atoms with van der Waals surface area (Å²) in [5.74, 6) is 0.850. The number of aromatic nitrogens is 2. The number of nitrogens with one attached hydrogen (secondary N) is 1. The lowest BCUT2D eigenvalue weighted by atomic mass is 10.1. The number of rotatable bonds is 5. The van der Waals surface area contributed by atoms with Crippen molar-refractivity contribution in [3.63, 3.8) is 0 Å². The Morgan fingerprint density at radius 3 is 2.81 bits per heavy atom. The van der Waals surface area contributed by atoms with Crippen LogP contribution in [0.5, 0.6) is 5.75 Å². The highest BCUT2D eigenvalue weighted by Gasteiger charge is 2.20. The molecular weight excluding hydrogens is 420 g/mol. The van der Waals surface area contributed by atoms with Gasteiger partial charge >= 0.3 is 5.97 Å². The van der Waals surface area contributed by atoms with Crippen LogP contribution >= 0.6 is 27.3 Å². The van der Waals surface area contributed by atoms with Gasteiger partial charge in [0.15, 0.2) is 0 Å². The van der Waals surface area contributed by atoms with Crippen LogP contribution in [0, 0.1) is 6.92 Å². The maximum atomic E-state index is 12.5. The Bertz CT molecular complexity index is 1040. The van der Waals surface area contributed by atoms with Crippen LogP contribution in [0.25, 0.3) is 10.2 Å². The number of esters is 1. The lowest BCUT2D eigenvalue weighted by Gasteiger charge is -2.06. The Balaban J connectivity index is 1.99. The fraction of sp³-hybridized carbons (Fsp3) is 0.278. The maximum Gasteiger partial charge on any atom is 0.348 e. The van der Waals surface area contributed by atoms with Crippen molar-refractivity contribution in [2.75, 3.05) is 13.7 Å². The molecular formula is C18H17BrN2O4S. The molecule has 2 aromatic heterocycles. The molecule has 0 aliphatic carbocycles. The second kappa shape index (κ2) is 7.59. The number of hydrogen-bond acceptors (Lipinski definition) is 6. The Hall–Kier alpha value is -2.19. The van der Waals surface area contributed by atoms with E-state index < -0.39 is 5.97 Å². The number of fused-ring (bicyclic) bond motifs is 1. The second-order valence-corrected chi connectivity index (χ2v) is 7.47. The summed E-state index contributed by atoms with van der Waals surface area (Å²) in [6.45, 7) is 3.77. The van der Waals surface area contributed by atoms with E-state index in [0.717, 1.165) is 15.8 Å². The van der Waals surface area contributed by atoms with Crippen LogP contribution in [0.3, 0.4) is 0 Å². The van der Waals surface area contributed by atoms with Gasteiger partial charge in [-0.3, -0.25) is 4.79 Å². The van der Waals surface area contributed by atoms with E-state index in [4.69, 9.17) is 9.47 Å². The highest BCUT2D eigenvalue weighted by atomic mass is 79.9. The monoisotopic (exact) mass is 436 g/mol. The fourth-order valence-corrected chi connectivity index (χ4v) is 4.36. The summed E-state index contributed by atoms with van der Waals surface area (Å²) in [5.41, 5.74) is 1.33. The first kappa shape index (κ1) is 18.6. The Morgan fingerprint density at radius 1 is 1.38 bits per heavy atom. The molecule has 0 radical (unpaired) electrons. The number of carbonyl (C=O) groups is 1. The van der Waals surface area contributed by atoms with Gasteiger partial charge in [-0.1, -0.05) is 6.07 Å². The molecule has 0 spiro atoms. The van der Waals surface area contributed by atoms with E-state index in [9.17, 15) is 9.59 Å². The minimum absolute atomic E-state index is 0.248. The van der Waals surface area contributed by atoms with Gasteiger partial charge in [0.2, 0.25) is 0 Å². The number of thiophene rings is 1. The minimum Gasteiger partial charge on any atom is -0.496 e. The minimum atomic E-state index is -0.423. The van der Waals surface area contributed by atoms with Crippen molar-refractivity contribution in [3.05, 3.63) is 54.9 Å². The number of carbonyl (C=O) groups excluding carboxylic acids is 1. The smallest absolute Gasteiger partial charge is 0.348 e. The molecule has 0 atom stereocenters. The molecule has 26 heavy (non-hydrogen) atoms. The molecule has 3 rings (SSSR count). The van der Waals surface area contributed by atoms with Crippen LogP contribution in [0.2, 0.25) is 0 Å². The summed E-state index contributed by atoms with van der Waals surface area (Å²) in [6.07, 6.45) is 0.458. The average Bonchev–Trinajstić information content (AvgIpc) is 2.92. The first-order valence-corrected chi connectivity index (χ1v) is 9.57. The van der Waals surface area contributed by atoms with E-state index in [2.05, 4.69) is 25.9 Å². The van der Waals surface area contributed by atoms with Crippen molar-refractivity contribution in [2.45, 2.75) is 20.3 Å². The predicted molar refractivity (Wildman–Crippen MR) is 104 cm³/mol. The van der Waals surface area contributed by atoms with Crippen molar-refractivity contribution in [3.8, 4) is 5.75 Å². The molecule has 1 aromatic carbocycles. The molecule has 0 fully saturated rings. The van der Waals surface area contributed by atoms with Crippen LogP contribution in [0.15, 0.2) is 27.5 Å². The third-order valence-electron chi connectivity index (χ3n) is 3.90. The molecule has 1 N–H and O–H groups in total. The Labute approximate surface area is 162 Å². The number of nitrogens with zero attached hydrogens (tertiary/aromatic N) is 1. The molecule has 0 amide bonds. The van der Waals surface area contributed by atoms with Crippen molar-refractivity contribution in [1.29, 1.82) is 0 Å². The highest BCUT2D eigenvalue weighted by Crippen LogP contribution is 2.29. The second-order valence-electron chi connectivity index (χ2n) is 5.62. The maximum absolute atomic E-state index is 12.5. The number of halogens is 1. The average molecular weight is 437 g/mol. The molecule has 0 bridgehead atoms. The van der Waals surface area contributed by atoms with Gasteiger partial charge < -0.3 is 14.5 Å². The van der Waals surface area contributed by atoms with E-state index in [0.29, 0.717) is 32.9 Å². The van der Waals surface area contributed by atoms with E-state index in [1.54, 1.807) is 21.0 Å². The Kier molecular flexibility index (Phi) is 5.43. The van der Waals surface area contributed by atoms with Gasteiger partial charge in [-0.05, 0) is 53.0 Å². The number of methoxy groups -OCH3 is 1. The number of benzene rings is 1. The zero-order valence-electron chi connectivity index (χ0n) is 14.5. The molecule has 2 heterocycles. The van der Waals surface area contributed by atoms with Crippen molar-refractivity contribution in [1.82, 2.24) is 9.97 Å². The van der Waals surface area contributed by atoms with Crippen LogP contribution in [-0.2, 0) is 11.2 Å². The summed E-state index contributed by atoms with van der Waals surface area (Å²) < 4.78 is 11.1. The van der Waals surface area contributed by atoms with E-state index in [1.165, 1.54) is 11.3 Å². The number of H-pyrrole nitrogens is 1. The first-order valence-electron chi connectivity index (χ1n) is 7.96. The number of aromatic amines is 1. The van der Waals surface area contributed by atoms with E-state index in [1.807, 2.05) is 18.2 Å². The number of aryl methyl sites for hydroxylation is 1. The van der Waals surface area contributed by atoms with Crippen LogP contribution < -0.4 is 10.3 Å². The summed E-state index contributed by atoms with van der Waals surface area (Å²) >= 11 is 4.64. The molecule has 0 saturated carbocycles. The normalized spacial score (nSPS) is 10.9. The van der Waals surface area contributed by atoms with Crippen molar-refractivity contribution >= 4 is 43.5 Å². The molecule has 0 saturated heterocycles. The van der Waals surface area contributed by atoms with Gasteiger partial charge in [-0.25, -0.2) is 9.78 Å². The number of ether oxygens (including phenoxy) is 2. The molecule has 8 heteroatoms. The summed E-state index contributed by atoms with van der Waals surface area (Å²) in [5, 5.41) is 0.442.